The molecule has 6 heteroatoms. The average Bonchev–Trinajstić information content (AvgIpc) is 2.10. The van der Waals surface area contributed by atoms with Crippen LogP contribution in [0.15, 0.2) is 0 Å². The van der Waals surface area contributed by atoms with Crippen molar-refractivity contribution in [3.8, 4) is 0 Å². The molecule has 3 nitrogen and oxygen atoms in total. The summed E-state index contributed by atoms with van der Waals surface area (Å²) < 4.78 is 40.8. The van der Waals surface area contributed by atoms with Crippen LogP contribution in [-0.2, 0) is 9.53 Å². The lowest BCUT2D eigenvalue weighted by atomic mass is 9.95. The van der Waals surface area contributed by atoms with E-state index in [2.05, 4.69) is 0 Å². The molecule has 15 heavy (non-hydrogen) atoms. The first-order chi connectivity index (χ1) is 6.83. The SMILES string of the molecule is CCOCCCC(O)(C=O)CC(F)(F)F. The lowest BCUT2D eigenvalue weighted by Crippen LogP contribution is -2.36. The van der Waals surface area contributed by atoms with Gasteiger partial charge in [0.1, 0.15) is 5.60 Å². The van der Waals surface area contributed by atoms with E-state index in [-0.39, 0.29) is 25.7 Å². The molecule has 1 atom stereocenters. The molecule has 0 saturated heterocycles. The van der Waals surface area contributed by atoms with Gasteiger partial charge in [-0.25, -0.2) is 0 Å². The largest absolute Gasteiger partial charge is 0.392 e. The Hall–Kier alpha value is -0.620. The molecule has 0 saturated carbocycles. The van der Waals surface area contributed by atoms with E-state index in [1.165, 1.54) is 0 Å². The summed E-state index contributed by atoms with van der Waals surface area (Å²) >= 11 is 0. The van der Waals surface area contributed by atoms with Gasteiger partial charge in [-0.15, -0.1) is 0 Å². The van der Waals surface area contributed by atoms with Crippen molar-refractivity contribution in [2.24, 2.45) is 0 Å². The molecule has 1 N–H and O–H groups in total. The van der Waals surface area contributed by atoms with Crippen LogP contribution in [0.1, 0.15) is 26.2 Å². The van der Waals surface area contributed by atoms with E-state index in [4.69, 9.17) is 4.74 Å². The van der Waals surface area contributed by atoms with E-state index in [1.807, 2.05) is 0 Å². The van der Waals surface area contributed by atoms with Crippen molar-refractivity contribution in [1.29, 1.82) is 0 Å². The molecule has 90 valence electrons. The number of ether oxygens (including phenoxy) is 1. The van der Waals surface area contributed by atoms with E-state index in [9.17, 15) is 23.1 Å². The van der Waals surface area contributed by atoms with Gasteiger partial charge in [0.2, 0.25) is 0 Å². The molecule has 0 aliphatic rings. The summed E-state index contributed by atoms with van der Waals surface area (Å²) in [6, 6.07) is 0. The van der Waals surface area contributed by atoms with Gasteiger partial charge in [-0.3, -0.25) is 0 Å². The second-order valence-electron chi connectivity index (χ2n) is 3.31. The number of carbonyl (C=O) groups is 1. The molecule has 0 aromatic rings. The van der Waals surface area contributed by atoms with Crippen LogP contribution in [0.3, 0.4) is 0 Å². The number of hydrogen-bond donors (Lipinski definition) is 1. The van der Waals surface area contributed by atoms with Crippen LogP contribution >= 0.6 is 0 Å². The zero-order chi connectivity index (χ0) is 11.9. The van der Waals surface area contributed by atoms with Gasteiger partial charge in [0.05, 0.1) is 6.42 Å². The monoisotopic (exact) mass is 228 g/mol. The van der Waals surface area contributed by atoms with E-state index in [0.717, 1.165) is 0 Å². The van der Waals surface area contributed by atoms with Gasteiger partial charge in [0.25, 0.3) is 0 Å². The molecule has 0 amide bonds. The number of hydrogen-bond acceptors (Lipinski definition) is 3. The van der Waals surface area contributed by atoms with Gasteiger partial charge >= 0.3 is 6.18 Å². The van der Waals surface area contributed by atoms with Crippen molar-refractivity contribution in [2.75, 3.05) is 13.2 Å². The quantitative estimate of drug-likeness (QED) is 0.532. The van der Waals surface area contributed by atoms with E-state index in [1.54, 1.807) is 6.92 Å². The van der Waals surface area contributed by atoms with Crippen molar-refractivity contribution in [3.63, 3.8) is 0 Å². The molecule has 1 unspecified atom stereocenters. The van der Waals surface area contributed by atoms with Crippen molar-refractivity contribution < 1.29 is 27.8 Å². The maximum Gasteiger partial charge on any atom is 0.392 e. The molecule has 0 bridgehead atoms. The molecule has 0 aromatic carbocycles. The predicted molar refractivity (Wildman–Crippen MR) is 47.4 cm³/mol. The first kappa shape index (κ1) is 14.4. The third-order valence-corrected chi connectivity index (χ3v) is 1.83. The maximum atomic E-state index is 12.0. The first-order valence-electron chi connectivity index (χ1n) is 4.66. The van der Waals surface area contributed by atoms with Crippen LogP contribution in [0.4, 0.5) is 13.2 Å². The second-order valence-corrected chi connectivity index (χ2v) is 3.31. The second kappa shape index (κ2) is 6.07. The summed E-state index contributed by atoms with van der Waals surface area (Å²) in [6.07, 6.45) is -6.11. The van der Waals surface area contributed by atoms with Gasteiger partial charge in [0.15, 0.2) is 6.29 Å². The molecule has 0 spiro atoms. The smallest absolute Gasteiger partial charge is 0.382 e. The number of aldehydes is 1. The Morgan fingerprint density at radius 2 is 2.00 bits per heavy atom. The minimum atomic E-state index is -4.54. The Bertz CT molecular complexity index is 194. The standard InChI is InChI=1S/C9H15F3O3/c1-2-15-5-3-4-8(14,7-13)6-9(10,11)12/h7,14H,2-6H2,1H3. The maximum absolute atomic E-state index is 12.0. The summed E-state index contributed by atoms with van der Waals surface area (Å²) in [4.78, 5) is 10.4. The summed E-state index contributed by atoms with van der Waals surface area (Å²) in [5, 5.41) is 9.31. The summed E-state index contributed by atoms with van der Waals surface area (Å²) in [5.74, 6) is 0. The van der Waals surface area contributed by atoms with E-state index in [0.29, 0.717) is 6.61 Å². The molecular formula is C9H15F3O3. The minimum absolute atomic E-state index is 0.0492. The Balaban J connectivity index is 4.02. The molecule has 0 heterocycles. The van der Waals surface area contributed by atoms with Crippen molar-refractivity contribution >= 4 is 6.29 Å². The highest BCUT2D eigenvalue weighted by molar-refractivity contribution is 5.62. The van der Waals surface area contributed by atoms with Gasteiger partial charge in [-0.1, -0.05) is 0 Å². The first-order valence-corrected chi connectivity index (χ1v) is 4.66. The number of halogens is 3. The highest BCUT2D eigenvalue weighted by Gasteiger charge is 2.40. The lowest BCUT2D eigenvalue weighted by molar-refractivity contribution is -0.178. The molecular weight excluding hydrogens is 213 g/mol. The fraction of sp³-hybridized carbons (Fsp3) is 0.889. The zero-order valence-electron chi connectivity index (χ0n) is 8.51. The van der Waals surface area contributed by atoms with Crippen LogP contribution in [0, 0.1) is 0 Å². The summed E-state index contributed by atoms with van der Waals surface area (Å²) in [6.45, 7) is 2.45. The Labute approximate surface area is 86.2 Å². The van der Waals surface area contributed by atoms with Gasteiger partial charge in [0, 0.05) is 13.2 Å². The average molecular weight is 228 g/mol. The fourth-order valence-electron chi connectivity index (χ4n) is 1.16. The molecule has 0 aliphatic heterocycles. The third-order valence-electron chi connectivity index (χ3n) is 1.83. The highest BCUT2D eigenvalue weighted by Crippen LogP contribution is 2.29. The summed E-state index contributed by atoms with van der Waals surface area (Å²) in [5.41, 5.74) is -2.31. The highest BCUT2D eigenvalue weighted by atomic mass is 19.4. The zero-order valence-corrected chi connectivity index (χ0v) is 8.51. The number of rotatable bonds is 7. The van der Waals surface area contributed by atoms with Crippen molar-refractivity contribution in [2.45, 2.75) is 38.0 Å². The molecule has 0 rings (SSSR count). The lowest BCUT2D eigenvalue weighted by Gasteiger charge is -2.22. The third kappa shape index (κ3) is 7.33. The Morgan fingerprint density at radius 3 is 2.40 bits per heavy atom. The number of aliphatic hydroxyl groups is 1. The Morgan fingerprint density at radius 1 is 1.40 bits per heavy atom. The van der Waals surface area contributed by atoms with Gasteiger partial charge in [-0.2, -0.15) is 13.2 Å². The van der Waals surface area contributed by atoms with Gasteiger partial charge in [-0.05, 0) is 19.8 Å². The topological polar surface area (TPSA) is 46.5 Å². The van der Waals surface area contributed by atoms with E-state index >= 15 is 0 Å². The fourth-order valence-corrected chi connectivity index (χ4v) is 1.16. The van der Waals surface area contributed by atoms with Crippen LogP contribution in [0.2, 0.25) is 0 Å². The molecule has 0 radical (unpaired) electrons. The van der Waals surface area contributed by atoms with Crippen LogP contribution in [0.5, 0.6) is 0 Å². The number of carbonyl (C=O) groups excluding carboxylic acids is 1. The van der Waals surface area contributed by atoms with Gasteiger partial charge < -0.3 is 14.6 Å². The van der Waals surface area contributed by atoms with Crippen molar-refractivity contribution in [3.05, 3.63) is 0 Å². The molecule has 0 fully saturated rings. The summed E-state index contributed by atoms with van der Waals surface area (Å²) in [7, 11) is 0. The van der Waals surface area contributed by atoms with Crippen molar-refractivity contribution in [1.82, 2.24) is 0 Å². The van der Waals surface area contributed by atoms with Crippen LogP contribution < -0.4 is 0 Å². The normalized spacial score (nSPS) is 16.1. The van der Waals surface area contributed by atoms with Crippen LogP contribution in [0.25, 0.3) is 0 Å². The number of alkyl halides is 3. The minimum Gasteiger partial charge on any atom is -0.382 e. The molecule has 0 aliphatic carbocycles. The molecule has 0 aromatic heterocycles. The Kier molecular flexibility index (Phi) is 5.82. The predicted octanol–water partition coefficient (Wildman–Crippen LogP) is 1.69. The van der Waals surface area contributed by atoms with Crippen LogP contribution in [-0.4, -0.2) is 36.4 Å². The van der Waals surface area contributed by atoms with E-state index < -0.39 is 18.2 Å².